The van der Waals surface area contributed by atoms with Crippen molar-refractivity contribution in [3.63, 3.8) is 0 Å². The summed E-state index contributed by atoms with van der Waals surface area (Å²) in [5.41, 5.74) is 1.55. The minimum Gasteiger partial charge on any atom is -0.317 e. The van der Waals surface area contributed by atoms with Crippen molar-refractivity contribution < 1.29 is 0 Å². The third kappa shape index (κ3) is 2.01. The van der Waals surface area contributed by atoms with Gasteiger partial charge in [-0.05, 0) is 47.6 Å². The lowest BCUT2D eigenvalue weighted by molar-refractivity contribution is 0.426. The third-order valence-corrected chi connectivity index (χ3v) is 4.01. The minimum atomic E-state index is 0.00328. The highest BCUT2D eigenvalue weighted by atomic mass is 127. The number of rotatable bonds is 1. The Balaban J connectivity index is 2.03. The van der Waals surface area contributed by atoms with Crippen molar-refractivity contribution >= 4 is 21.0 Å². The van der Waals surface area contributed by atoms with Gasteiger partial charge in [0.15, 0.2) is 0 Å². The summed E-state index contributed by atoms with van der Waals surface area (Å²) in [4.78, 5) is 0. The fourth-order valence-corrected chi connectivity index (χ4v) is 3.19. The Morgan fingerprint density at radius 2 is 2.25 bits per heavy atom. The van der Waals surface area contributed by atoms with Gasteiger partial charge in [0, 0.05) is 27.2 Å². The first-order valence-electron chi connectivity index (χ1n) is 4.37. The molecule has 0 amide bonds. The van der Waals surface area contributed by atoms with Gasteiger partial charge in [-0.2, -0.15) is 0 Å². The highest BCUT2D eigenvalue weighted by molar-refractivity contribution is 14.2. The van der Waals surface area contributed by atoms with Gasteiger partial charge in [-0.1, -0.05) is 0 Å². The van der Waals surface area contributed by atoms with Gasteiger partial charge in [0.05, 0.1) is 0 Å². The molecule has 2 aliphatic heterocycles. The van der Waals surface area contributed by atoms with Crippen LogP contribution in [0.4, 0.5) is 0 Å². The Morgan fingerprint density at radius 3 is 2.92 bits per heavy atom. The van der Waals surface area contributed by atoms with E-state index in [4.69, 9.17) is 0 Å². The van der Waals surface area contributed by atoms with E-state index in [1.54, 1.807) is 5.57 Å². The van der Waals surface area contributed by atoms with E-state index in [0.717, 1.165) is 5.92 Å². The van der Waals surface area contributed by atoms with E-state index in [9.17, 15) is 0 Å². The van der Waals surface area contributed by atoms with Crippen LogP contribution in [0.3, 0.4) is 0 Å². The van der Waals surface area contributed by atoms with Crippen LogP contribution in [-0.4, -0.2) is 13.1 Å². The summed E-state index contributed by atoms with van der Waals surface area (Å²) in [6.45, 7) is 2.37. The number of nitrogens with zero attached hydrogens (tertiary/aromatic N) is 1. The molecule has 0 radical (unpaired) electrons. The first kappa shape index (κ1) is 8.56. The Bertz CT molecular complexity index is 237. The van der Waals surface area contributed by atoms with Gasteiger partial charge in [0.2, 0.25) is 0 Å². The second-order valence-electron chi connectivity index (χ2n) is 3.14. The monoisotopic (exact) mass is 276 g/mol. The summed E-state index contributed by atoms with van der Waals surface area (Å²) < 4.78 is 6.63. The summed E-state index contributed by atoms with van der Waals surface area (Å²) in [7, 11) is 0. The predicted molar refractivity (Wildman–Crippen MR) is 59.3 cm³/mol. The van der Waals surface area contributed by atoms with Crippen LogP contribution in [-0.2, 0) is 0 Å². The van der Waals surface area contributed by atoms with Crippen molar-refractivity contribution in [2.24, 2.45) is 9.06 Å². The average molecular weight is 276 g/mol. The lowest BCUT2D eigenvalue weighted by Gasteiger charge is -2.23. The van der Waals surface area contributed by atoms with Crippen LogP contribution < -0.4 is 5.32 Å². The van der Waals surface area contributed by atoms with E-state index in [1.165, 1.54) is 25.9 Å². The molecular formula is C9H13IN2. The maximum absolute atomic E-state index is 4.26. The molecule has 1 fully saturated rings. The molecule has 2 rings (SSSR count). The van der Waals surface area contributed by atoms with E-state index in [2.05, 4.69) is 18.6 Å². The van der Waals surface area contributed by atoms with Crippen molar-refractivity contribution in [3.8, 4) is 0 Å². The Labute approximate surface area is 83.3 Å². The summed E-state index contributed by atoms with van der Waals surface area (Å²) in [6.07, 6.45) is 6.80. The predicted octanol–water partition coefficient (Wildman–Crippen LogP) is 2.55. The number of allylic oxidation sites excluding steroid dienone is 2. The highest BCUT2D eigenvalue weighted by Crippen LogP contribution is 2.27. The first-order valence-corrected chi connectivity index (χ1v) is 6.58. The molecule has 12 heavy (non-hydrogen) atoms. The van der Waals surface area contributed by atoms with E-state index >= 15 is 0 Å². The average Bonchev–Trinajstić information content (AvgIpc) is 2.21. The van der Waals surface area contributed by atoms with Crippen molar-refractivity contribution in [2.45, 2.75) is 12.8 Å². The molecule has 2 aliphatic rings. The molecular weight excluding hydrogens is 263 g/mol. The van der Waals surface area contributed by atoms with Crippen LogP contribution >= 0.6 is 21.0 Å². The molecule has 0 aromatic carbocycles. The van der Waals surface area contributed by atoms with Crippen LogP contribution in [0.1, 0.15) is 12.8 Å². The zero-order chi connectivity index (χ0) is 8.23. The van der Waals surface area contributed by atoms with Crippen LogP contribution in [0.2, 0.25) is 0 Å². The largest absolute Gasteiger partial charge is 0.317 e. The van der Waals surface area contributed by atoms with E-state index in [0.29, 0.717) is 0 Å². The van der Waals surface area contributed by atoms with E-state index < -0.39 is 0 Å². The molecule has 66 valence electrons. The van der Waals surface area contributed by atoms with Crippen molar-refractivity contribution in [2.75, 3.05) is 13.1 Å². The minimum absolute atomic E-state index is 0.00328. The van der Waals surface area contributed by atoms with Crippen LogP contribution in [0.15, 0.2) is 25.1 Å². The quantitative estimate of drug-likeness (QED) is 0.731. The Morgan fingerprint density at radius 1 is 1.42 bits per heavy atom. The summed E-state index contributed by atoms with van der Waals surface area (Å²) in [5.74, 6) is 0.817. The maximum Gasteiger partial charge on any atom is 0.0332 e. The molecule has 1 saturated heterocycles. The van der Waals surface area contributed by atoms with Gasteiger partial charge < -0.3 is 5.32 Å². The topological polar surface area (TPSA) is 24.4 Å². The molecule has 0 bridgehead atoms. The lowest BCUT2D eigenvalue weighted by Crippen LogP contribution is -2.28. The molecule has 1 N–H and O–H groups in total. The maximum atomic E-state index is 4.26. The number of halogens is 1. The molecule has 0 aromatic rings. The Kier molecular flexibility index (Phi) is 3.05. The number of nitrogens with one attached hydrogen (secondary N) is 1. The molecule has 0 aliphatic carbocycles. The number of piperidine rings is 1. The second-order valence-corrected chi connectivity index (χ2v) is 4.88. The fraction of sp³-hybridized carbons (Fsp3) is 0.556. The molecule has 3 heteroatoms. The van der Waals surface area contributed by atoms with Gasteiger partial charge in [0.1, 0.15) is 0 Å². The first-order chi connectivity index (χ1) is 5.97. The molecule has 0 aromatic heterocycles. The van der Waals surface area contributed by atoms with Gasteiger partial charge in [-0.3, -0.25) is 0 Å². The molecule has 0 spiro atoms. The van der Waals surface area contributed by atoms with Gasteiger partial charge >= 0.3 is 0 Å². The zero-order valence-electron chi connectivity index (χ0n) is 6.96. The summed E-state index contributed by atoms with van der Waals surface area (Å²) in [5, 5.41) is 3.39. The van der Waals surface area contributed by atoms with Crippen molar-refractivity contribution in [1.29, 1.82) is 0 Å². The van der Waals surface area contributed by atoms with E-state index in [1.807, 2.05) is 6.20 Å². The molecule has 2 heterocycles. The van der Waals surface area contributed by atoms with Crippen molar-refractivity contribution in [3.05, 3.63) is 21.9 Å². The van der Waals surface area contributed by atoms with E-state index in [-0.39, 0.29) is 21.0 Å². The van der Waals surface area contributed by atoms with Gasteiger partial charge in [-0.15, -0.1) is 0 Å². The smallest absolute Gasteiger partial charge is 0.0332 e. The van der Waals surface area contributed by atoms with Crippen LogP contribution in [0.5, 0.6) is 0 Å². The van der Waals surface area contributed by atoms with Crippen LogP contribution in [0, 0.1) is 5.92 Å². The van der Waals surface area contributed by atoms with Gasteiger partial charge in [0.25, 0.3) is 0 Å². The number of hydrogen-bond donors (Lipinski definition) is 1. The Hall–Kier alpha value is -0.0300. The molecule has 0 unspecified atom stereocenters. The number of hydrogen-bond acceptors (Lipinski definition) is 2. The molecule has 2 nitrogen and oxygen atoms in total. The van der Waals surface area contributed by atoms with Crippen LogP contribution in [0.25, 0.3) is 0 Å². The second kappa shape index (κ2) is 4.28. The lowest BCUT2D eigenvalue weighted by atomic mass is 9.91. The van der Waals surface area contributed by atoms with Crippen molar-refractivity contribution in [1.82, 2.24) is 5.32 Å². The SMILES string of the molecule is C1=CC(C2CCNCC2)=CI=N1. The zero-order valence-corrected chi connectivity index (χ0v) is 9.12. The third-order valence-electron chi connectivity index (χ3n) is 2.37. The summed E-state index contributed by atoms with van der Waals surface area (Å²) >= 11 is 0.00328. The fourth-order valence-electron chi connectivity index (χ4n) is 1.65. The van der Waals surface area contributed by atoms with Gasteiger partial charge in [-0.25, -0.2) is 3.15 Å². The standard InChI is InChI=1S/C9H13IN2/c1-4-11-5-2-8(1)9-3-6-12-10-7-9/h3,6-8,11H,1-2,4-5H2. The molecule has 0 atom stereocenters. The summed E-state index contributed by atoms with van der Waals surface area (Å²) in [6, 6.07) is 0. The highest BCUT2D eigenvalue weighted by Gasteiger charge is 2.15. The molecule has 0 saturated carbocycles. The normalized spacial score (nSPS) is 24.8.